The summed E-state index contributed by atoms with van der Waals surface area (Å²) in [5, 5.41) is 2.31. The molecule has 0 unspecified atom stereocenters. The highest BCUT2D eigenvalue weighted by Crippen LogP contribution is 2.24. The monoisotopic (exact) mass is 423 g/mol. The Bertz CT molecular complexity index is 1140. The first kappa shape index (κ1) is 20.3. The summed E-state index contributed by atoms with van der Waals surface area (Å²) < 4.78 is 67.9. The summed E-state index contributed by atoms with van der Waals surface area (Å²) in [7, 11) is -4.97. The van der Waals surface area contributed by atoms with Crippen LogP contribution in [-0.4, -0.2) is 30.1 Å². The molecule has 1 amide bonds. The molecule has 0 saturated carbocycles. The van der Waals surface area contributed by atoms with Crippen LogP contribution < -0.4 is 10.1 Å². The topological polar surface area (TPSA) is 98.2 Å². The number of nitrogens with one attached hydrogen (secondary N) is 1. The van der Waals surface area contributed by atoms with E-state index in [9.17, 15) is 26.4 Å². The molecule has 7 nitrogen and oxygen atoms in total. The van der Waals surface area contributed by atoms with Crippen molar-refractivity contribution in [3.63, 3.8) is 0 Å². The highest BCUT2D eigenvalue weighted by Gasteiger charge is 2.30. The molecule has 0 atom stereocenters. The van der Waals surface area contributed by atoms with E-state index in [-0.39, 0.29) is 17.4 Å². The maximum Gasteiger partial charge on any atom is 0.341 e. The van der Waals surface area contributed by atoms with Crippen LogP contribution in [-0.2, 0) is 9.84 Å². The number of aromatic nitrogens is 2. The van der Waals surface area contributed by atoms with Gasteiger partial charge in [-0.2, -0.15) is 8.78 Å². The van der Waals surface area contributed by atoms with Gasteiger partial charge < -0.3 is 10.1 Å². The molecular formula is C18H12F3N3O4S. The van der Waals surface area contributed by atoms with E-state index < -0.39 is 37.8 Å². The van der Waals surface area contributed by atoms with Crippen molar-refractivity contribution in [2.75, 3.05) is 5.32 Å². The van der Waals surface area contributed by atoms with Crippen LogP contribution in [0, 0.1) is 5.82 Å². The molecule has 0 fully saturated rings. The fourth-order valence-electron chi connectivity index (χ4n) is 2.26. The molecule has 1 aromatic heterocycles. The number of para-hydroxylation sites is 1. The van der Waals surface area contributed by atoms with Crippen LogP contribution in [0.2, 0.25) is 0 Å². The Balaban J connectivity index is 1.78. The number of anilines is 1. The van der Waals surface area contributed by atoms with Crippen LogP contribution >= 0.6 is 0 Å². The van der Waals surface area contributed by atoms with Crippen molar-refractivity contribution in [1.82, 2.24) is 9.97 Å². The molecule has 3 rings (SSSR count). The van der Waals surface area contributed by atoms with Crippen molar-refractivity contribution in [3.8, 4) is 11.8 Å². The molecule has 0 aliphatic carbocycles. The largest absolute Gasteiger partial charge is 0.421 e. The number of carbonyl (C=O) groups is 1. The molecule has 11 heteroatoms. The third-order valence-electron chi connectivity index (χ3n) is 3.60. The second-order valence-corrected chi connectivity index (χ2v) is 7.43. The zero-order chi connectivity index (χ0) is 21.0. The van der Waals surface area contributed by atoms with Gasteiger partial charge in [-0.3, -0.25) is 4.79 Å². The smallest absolute Gasteiger partial charge is 0.341 e. The van der Waals surface area contributed by atoms with Gasteiger partial charge in [0.1, 0.15) is 0 Å². The first-order valence-corrected chi connectivity index (χ1v) is 9.50. The fraction of sp³-hybridized carbons (Fsp3) is 0.0556. The number of hydrogen-bond donors (Lipinski definition) is 1. The Hall–Kier alpha value is -3.47. The minimum atomic E-state index is -4.97. The molecule has 0 spiro atoms. The number of halogens is 3. The van der Waals surface area contributed by atoms with Gasteiger partial charge in [0, 0.05) is 0 Å². The number of ether oxygens (including phenoxy) is 1. The Kier molecular flexibility index (Phi) is 5.78. The van der Waals surface area contributed by atoms with Crippen molar-refractivity contribution >= 4 is 21.4 Å². The number of alkyl halides is 2. The van der Waals surface area contributed by atoms with E-state index in [1.807, 2.05) is 0 Å². The molecule has 150 valence electrons. The summed E-state index contributed by atoms with van der Waals surface area (Å²) in [6.07, 6.45) is 2.26. The third kappa shape index (κ3) is 4.51. The lowest BCUT2D eigenvalue weighted by Gasteiger charge is -2.10. The first-order chi connectivity index (χ1) is 13.8. The molecule has 0 aliphatic heterocycles. The minimum absolute atomic E-state index is 0.0418. The highest BCUT2D eigenvalue weighted by molar-refractivity contribution is 7.91. The molecule has 0 bridgehead atoms. The van der Waals surface area contributed by atoms with Gasteiger partial charge in [-0.1, -0.05) is 24.3 Å². The van der Waals surface area contributed by atoms with Crippen molar-refractivity contribution < 1.29 is 31.1 Å². The lowest BCUT2D eigenvalue weighted by Crippen LogP contribution is -2.19. The number of nitrogens with zero attached hydrogens (tertiary/aromatic N) is 2. The van der Waals surface area contributed by atoms with Gasteiger partial charge in [0.2, 0.25) is 9.84 Å². The molecule has 0 aliphatic rings. The molecule has 1 heterocycles. The number of benzene rings is 2. The van der Waals surface area contributed by atoms with Crippen LogP contribution in [0.15, 0.2) is 65.8 Å². The average Bonchev–Trinajstić information content (AvgIpc) is 2.71. The van der Waals surface area contributed by atoms with Crippen LogP contribution in [0.25, 0.3) is 0 Å². The summed E-state index contributed by atoms with van der Waals surface area (Å²) in [4.78, 5) is 19.2. The standard InChI is InChI=1S/C18H12F3N3O4S/c19-13-6-2-3-7-14(13)28-18-22-9-11(10-23-18)24-16(25)12-5-1-4-8-15(12)29(26,27)17(20)21/h1-10,17H,(H,24,25). The van der Waals surface area contributed by atoms with Gasteiger partial charge in [-0.25, -0.2) is 22.8 Å². The average molecular weight is 423 g/mol. The van der Waals surface area contributed by atoms with E-state index in [1.165, 1.54) is 30.3 Å². The van der Waals surface area contributed by atoms with Crippen LogP contribution in [0.4, 0.5) is 18.9 Å². The van der Waals surface area contributed by atoms with Crippen LogP contribution in [0.3, 0.4) is 0 Å². The van der Waals surface area contributed by atoms with Gasteiger partial charge in [0.15, 0.2) is 11.6 Å². The summed E-state index contributed by atoms with van der Waals surface area (Å²) >= 11 is 0. The summed E-state index contributed by atoms with van der Waals surface area (Å²) in [5.74, 6) is -5.34. The number of hydrogen-bond acceptors (Lipinski definition) is 6. The zero-order valence-electron chi connectivity index (χ0n) is 14.4. The van der Waals surface area contributed by atoms with E-state index in [1.54, 1.807) is 6.07 Å². The maximum atomic E-state index is 13.6. The second-order valence-electron chi connectivity index (χ2n) is 5.54. The SMILES string of the molecule is O=C(Nc1cnc(Oc2ccccc2F)nc1)c1ccccc1S(=O)(=O)C(F)F. The molecule has 1 N–H and O–H groups in total. The quantitative estimate of drug-likeness (QED) is 0.650. The predicted molar refractivity (Wildman–Crippen MR) is 96.1 cm³/mol. The Morgan fingerprint density at radius 3 is 2.28 bits per heavy atom. The molecule has 0 saturated heterocycles. The van der Waals surface area contributed by atoms with Crippen molar-refractivity contribution in [3.05, 3.63) is 72.3 Å². The van der Waals surface area contributed by atoms with Gasteiger partial charge in [0.05, 0.1) is 28.5 Å². The van der Waals surface area contributed by atoms with Crippen molar-refractivity contribution in [2.24, 2.45) is 0 Å². The molecule has 2 aromatic carbocycles. The highest BCUT2D eigenvalue weighted by atomic mass is 32.2. The fourth-order valence-corrected chi connectivity index (χ4v) is 3.18. The van der Waals surface area contributed by atoms with E-state index in [0.717, 1.165) is 24.5 Å². The third-order valence-corrected chi connectivity index (χ3v) is 5.03. The molecular weight excluding hydrogens is 411 g/mol. The van der Waals surface area contributed by atoms with E-state index in [4.69, 9.17) is 4.74 Å². The number of amides is 1. The van der Waals surface area contributed by atoms with Crippen LogP contribution in [0.5, 0.6) is 11.8 Å². The van der Waals surface area contributed by atoms with E-state index >= 15 is 0 Å². The normalized spacial score (nSPS) is 11.3. The molecule has 0 radical (unpaired) electrons. The van der Waals surface area contributed by atoms with Crippen LogP contribution in [0.1, 0.15) is 10.4 Å². The Labute approximate surface area is 163 Å². The number of carbonyl (C=O) groups excluding carboxylic acids is 1. The number of rotatable bonds is 6. The summed E-state index contributed by atoms with van der Waals surface area (Å²) in [6.45, 7) is 0. The lowest BCUT2D eigenvalue weighted by molar-refractivity contribution is 0.102. The zero-order valence-corrected chi connectivity index (χ0v) is 15.2. The summed E-state index contributed by atoms with van der Waals surface area (Å²) in [6, 6.07) is 9.97. The van der Waals surface area contributed by atoms with Crippen molar-refractivity contribution in [1.29, 1.82) is 0 Å². The Morgan fingerprint density at radius 1 is 1.00 bits per heavy atom. The predicted octanol–water partition coefficient (Wildman–Crippen LogP) is 3.66. The van der Waals surface area contributed by atoms with E-state index in [0.29, 0.717) is 0 Å². The van der Waals surface area contributed by atoms with E-state index in [2.05, 4.69) is 15.3 Å². The summed E-state index contributed by atoms with van der Waals surface area (Å²) in [5.41, 5.74) is -0.417. The maximum absolute atomic E-state index is 13.6. The molecule has 3 aromatic rings. The van der Waals surface area contributed by atoms with Gasteiger partial charge >= 0.3 is 11.8 Å². The van der Waals surface area contributed by atoms with Crippen molar-refractivity contribution in [2.45, 2.75) is 10.7 Å². The molecule has 29 heavy (non-hydrogen) atoms. The van der Waals surface area contributed by atoms with Gasteiger partial charge in [0.25, 0.3) is 5.91 Å². The minimum Gasteiger partial charge on any atom is -0.421 e. The lowest BCUT2D eigenvalue weighted by atomic mass is 10.2. The first-order valence-electron chi connectivity index (χ1n) is 7.96. The second kappa shape index (κ2) is 8.27. The number of sulfone groups is 1. The van der Waals surface area contributed by atoms with Gasteiger partial charge in [-0.15, -0.1) is 0 Å². The van der Waals surface area contributed by atoms with Gasteiger partial charge in [-0.05, 0) is 24.3 Å². The Morgan fingerprint density at radius 2 is 1.62 bits per heavy atom.